The molecule has 0 bridgehead atoms. The van der Waals surface area contributed by atoms with Crippen LogP contribution in [0.15, 0.2) is 17.1 Å². The summed E-state index contributed by atoms with van der Waals surface area (Å²) in [5.41, 5.74) is -1.54. The highest BCUT2D eigenvalue weighted by Crippen LogP contribution is 2.39. The molecule has 2 aromatic rings. The lowest BCUT2D eigenvalue weighted by atomic mass is 10.1. The Kier molecular flexibility index (Phi) is 3.06. The monoisotopic (exact) mass is 306 g/mol. The summed E-state index contributed by atoms with van der Waals surface area (Å²) >= 11 is 0. The van der Waals surface area contributed by atoms with Gasteiger partial charge in [0.1, 0.15) is 11.6 Å². The average molecular weight is 306 g/mol. The third kappa shape index (κ3) is 2.07. The van der Waals surface area contributed by atoms with E-state index >= 15 is 0 Å². The molecule has 1 aromatic carbocycles. The van der Waals surface area contributed by atoms with Gasteiger partial charge in [0.15, 0.2) is 17.4 Å². The van der Waals surface area contributed by atoms with E-state index in [0.29, 0.717) is 18.9 Å². The molecule has 112 valence electrons. The molecule has 1 saturated carbocycles. The van der Waals surface area contributed by atoms with Crippen molar-refractivity contribution in [2.75, 3.05) is 0 Å². The number of ether oxygens (including phenoxy) is 1. The number of carboxylic acid groups (broad SMARTS) is 1. The van der Waals surface area contributed by atoms with E-state index in [4.69, 9.17) is 10.4 Å². The zero-order valence-corrected chi connectivity index (χ0v) is 11.0. The van der Waals surface area contributed by atoms with E-state index in [1.54, 1.807) is 6.07 Å². The van der Waals surface area contributed by atoms with Gasteiger partial charge in [0.25, 0.3) is 0 Å². The van der Waals surface area contributed by atoms with E-state index in [-0.39, 0.29) is 16.9 Å². The molecule has 3 rings (SSSR count). The third-order valence-electron chi connectivity index (χ3n) is 3.42. The van der Waals surface area contributed by atoms with E-state index < -0.39 is 34.5 Å². The topological polar surface area (TPSA) is 92.3 Å². The fourth-order valence-corrected chi connectivity index (χ4v) is 2.35. The van der Waals surface area contributed by atoms with Crippen LogP contribution in [0.3, 0.4) is 0 Å². The van der Waals surface area contributed by atoms with Crippen molar-refractivity contribution >= 4 is 17.1 Å². The third-order valence-corrected chi connectivity index (χ3v) is 3.42. The highest BCUT2D eigenvalue weighted by molar-refractivity contribution is 5.86. The number of hydrogen-bond donors (Lipinski definition) is 1. The van der Waals surface area contributed by atoms with Crippen LogP contribution in [-0.4, -0.2) is 15.8 Å². The predicted molar refractivity (Wildman–Crippen MR) is 69.8 cm³/mol. The molecule has 6 nitrogen and oxygen atoms in total. The normalized spacial score (nSPS) is 13.9. The minimum atomic E-state index is -1.69. The van der Waals surface area contributed by atoms with Gasteiger partial charge in [-0.15, -0.1) is 0 Å². The van der Waals surface area contributed by atoms with Gasteiger partial charge in [-0.05, 0) is 18.9 Å². The number of fused-ring (bicyclic) bond motifs is 1. The lowest BCUT2D eigenvalue weighted by molar-refractivity contribution is 0.143. The molecule has 1 aliphatic rings. The minimum absolute atomic E-state index is 0.0494. The van der Waals surface area contributed by atoms with E-state index in [1.807, 2.05) is 0 Å². The predicted octanol–water partition coefficient (Wildman–Crippen LogP) is 2.54. The van der Waals surface area contributed by atoms with Crippen molar-refractivity contribution in [3.8, 4) is 11.8 Å². The van der Waals surface area contributed by atoms with Crippen LogP contribution in [0.2, 0.25) is 0 Å². The molecule has 8 heteroatoms. The van der Waals surface area contributed by atoms with Gasteiger partial charge in [0, 0.05) is 6.04 Å². The van der Waals surface area contributed by atoms with E-state index in [2.05, 4.69) is 4.74 Å². The number of benzene rings is 1. The summed E-state index contributed by atoms with van der Waals surface area (Å²) in [6.45, 7) is 0. The molecule has 1 N–H and O–H groups in total. The first-order valence-corrected chi connectivity index (χ1v) is 6.31. The molecule has 1 aromatic heterocycles. The van der Waals surface area contributed by atoms with Gasteiger partial charge >= 0.3 is 6.16 Å². The molecule has 1 heterocycles. The van der Waals surface area contributed by atoms with Gasteiger partial charge in [-0.2, -0.15) is 5.26 Å². The first kappa shape index (κ1) is 14.0. The van der Waals surface area contributed by atoms with Crippen molar-refractivity contribution in [1.82, 2.24) is 4.57 Å². The van der Waals surface area contributed by atoms with Gasteiger partial charge in [-0.1, -0.05) is 0 Å². The van der Waals surface area contributed by atoms with Crippen LogP contribution in [0.5, 0.6) is 5.75 Å². The second-order valence-electron chi connectivity index (χ2n) is 4.88. The lowest BCUT2D eigenvalue weighted by Gasteiger charge is -2.13. The molecule has 1 aliphatic carbocycles. The Labute approximate surface area is 121 Å². The second-order valence-corrected chi connectivity index (χ2v) is 4.88. The summed E-state index contributed by atoms with van der Waals surface area (Å²) in [6.07, 6.45) is 0.860. The summed E-state index contributed by atoms with van der Waals surface area (Å²) in [7, 11) is 0. The molecule has 1 fully saturated rings. The van der Waals surface area contributed by atoms with E-state index in [1.165, 1.54) is 4.57 Å². The number of carbonyl (C=O) groups is 1. The zero-order valence-electron chi connectivity index (χ0n) is 11.0. The maximum Gasteiger partial charge on any atom is 0.511 e. The smallest absolute Gasteiger partial charge is 0.449 e. The van der Waals surface area contributed by atoms with Crippen LogP contribution in [0.4, 0.5) is 13.6 Å². The van der Waals surface area contributed by atoms with Gasteiger partial charge in [0.2, 0.25) is 5.43 Å². The summed E-state index contributed by atoms with van der Waals surface area (Å²) in [4.78, 5) is 22.8. The Morgan fingerprint density at radius 1 is 1.45 bits per heavy atom. The van der Waals surface area contributed by atoms with Gasteiger partial charge in [-0.25, -0.2) is 13.6 Å². The molecule has 0 amide bonds. The molecule has 0 saturated heterocycles. The standard InChI is InChI=1S/C14H8F2N2O4/c15-9-3-7-12(8(4-17)11(9)16)18(6-1-2-6)5-10(13(7)19)22-14(20)21/h3,5-6H,1-2H2,(H,20,21). The van der Waals surface area contributed by atoms with Crippen molar-refractivity contribution in [2.24, 2.45) is 0 Å². The molecular formula is C14H8F2N2O4. The quantitative estimate of drug-likeness (QED) is 0.861. The number of nitriles is 1. The summed E-state index contributed by atoms with van der Waals surface area (Å²) in [5, 5.41) is 17.4. The Balaban J connectivity index is 2.45. The maximum absolute atomic E-state index is 13.8. The summed E-state index contributed by atoms with van der Waals surface area (Å²) < 4.78 is 33.2. The van der Waals surface area contributed by atoms with Crippen molar-refractivity contribution in [3.63, 3.8) is 0 Å². The first-order chi connectivity index (χ1) is 10.4. The molecule has 22 heavy (non-hydrogen) atoms. The van der Waals surface area contributed by atoms with Crippen LogP contribution < -0.4 is 10.2 Å². The number of pyridine rings is 1. The molecule has 0 aliphatic heterocycles. The van der Waals surface area contributed by atoms with Crippen LogP contribution in [0, 0.1) is 23.0 Å². The van der Waals surface area contributed by atoms with Crippen LogP contribution >= 0.6 is 0 Å². The Hall–Kier alpha value is -2.95. The van der Waals surface area contributed by atoms with Crippen LogP contribution in [0.1, 0.15) is 24.4 Å². The van der Waals surface area contributed by atoms with Crippen molar-refractivity contribution < 1.29 is 23.4 Å². The number of rotatable bonds is 2. The van der Waals surface area contributed by atoms with Crippen molar-refractivity contribution in [3.05, 3.63) is 39.7 Å². The van der Waals surface area contributed by atoms with Crippen LogP contribution in [-0.2, 0) is 0 Å². The Morgan fingerprint density at radius 3 is 2.68 bits per heavy atom. The number of hydrogen-bond acceptors (Lipinski definition) is 4. The first-order valence-electron chi connectivity index (χ1n) is 6.31. The zero-order chi connectivity index (χ0) is 16.0. The SMILES string of the molecule is N#Cc1c(F)c(F)cc2c(=O)c(OC(=O)O)cn(C3CC3)c12. The fraction of sp³-hybridized carbons (Fsp3) is 0.214. The highest BCUT2D eigenvalue weighted by atomic mass is 19.2. The molecule has 0 spiro atoms. The van der Waals surface area contributed by atoms with Crippen molar-refractivity contribution in [1.29, 1.82) is 5.26 Å². The van der Waals surface area contributed by atoms with E-state index in [0.717, 1.165) is 6.20 Å². The van der Waals surface area contributed by atoms with E-state index in [9.17, 15) is 18.4 Å². The van der Waals surface area contributed by atoms with Crippen LogP contribution in [0.25, 0.3) is 10.9 Å². The summed E-state index contributed by atoms with van der Waals surface area (Å²) in [6, 6.07) is 2.10. The van der Waals surface area contributed by atoms with Gasteiger partial charge < -0.3 is 14.4 Å². The largest absolute Gasteiger partial charge is 0.511 e. The average Bonchev–Trinajstić information content (AvgIpc) is 3.28. The van der Waals surface area contributed by atoms with Gasteiger partial charge in [0.05, 0.1) is 17.1 Å². The molecule has 0 atom stereocenters. The Morgan fingerprint density at radius 2 is 2.14 bits per heavy atom. The summed E-state index contributed by atoms with van der Waals surface area (Å²) in [5.74, 6) is -3.20. The lowest BCUT2D eigenvalue weighted by Crippen LogP contribution is -2.17. The minimum Gasteiger partial charge on any atom is -0.449 e. The number of nitrogens with zero attached hydrogens (tertiary/aromatic N) is 2. The molecular weight excluding hydrogens is 298 g/mol. The van der Waals surface area contributed by atoms with Gasteiger partial charge in [-0.3, -0.25) is 4.79 Å². The highest BCUT2D eigenvalue weighted by Gasteiger charge is 2.29. The van der Waals surface area contributed by atoms with Crippen molar-refractivity contribution in [2.45, 2.75) is 18.9 Å². The second kappa shape index (κ2) is 4.80. The Bertz CT molecular complexity index is 910. The number of halogens is 2. The maximum atomic E-state index is 13.8. The number of aromatic nitrogens is 1. The molecule has 0 unspecified atom stereocenters. The fourth-order valence-electron chi connectivity index (χ4n) is 2.35. The molecule has 0 radical (unpaired) electrons.